The Balaban J connectivity index is 1.67. The van der Waals surface area contributed by atoms with Crippen LogP contribution in [0.15, 0.2) is 0 Å². The first-order chi connectivity index (χ1) is 7.24. The van der Waals surface area contributed by atoms with Gasteiger partial charge in [-0.15, -0.1) is 0 Å². The quantitative estimate of drug-likeness (QED) is 0.535. The second-order valence-corrected chi connectivity index (χ2v) is 4.43. The molecule has 0 spiro atoms. The van der Waals surface area contributed by atoms with Crippen LogP contribution in [0.1, 0.15) is 12.8 Å². The van der Waals surface area contributed by atoms with Gasteiger partial charge < -0.3 is 15.7 Å². The molecular weight excluding hydrogens is 194 g/mol. The van der Waals surface area contributed by atoms with Gasteiger partial charge in [0.1, 0.15) is 0 Å². The van der Waals surface area contributed by atoms with Gasteiger partial charge in [0.25, 0.3) is 0 Å². The van der Waals surface area contributed by atoms with Crippen molar-refractivity contribution in [1.29, 1.82) is 0 Å². The van der Waals surface area contributed by atoms with E-state index in [-0.39, 0.29) is 12.0 Å². The number of hydrogen-bond donors (Lipinski definition) is 3. The molecule has 3 N–H and O–H groups in total. The maximum absolute atomic E-state index is 11.6. The average Bonchev–Trinajstić information content (AvgIpc) is 2.77. The number of nitrogens with zero attached hydrogens (tertiary/aromatic N) is 1. The van der Waals surface area contributed by atoms with Gasteiger partial charge in [-0.05, 0) is 19.4 Å². The van der Waals surface area contributed by atoms with Gasteiger partial charge in [0.05, 0.1) is 12.6 Å². The number of rotatable bonds is 3. The zero-order chi connectivity index (χ0) is 10.7. The van der Waals surface area contributed by atoms with Gasteiger partial charge in [-0.3, -0.25) is 9.69 Å². The van der Waals surface area contributed by atoms with Gasteiger partial charge in [0.2, 0.25) is 5.91 Å². The number of β-amino-alcohol motifs (C(OH)–C–C–N with tert-alkyl or cyclic N) is 1. The van der Waals surface area contributed by atoms with E-state index < -0.39 is 0 Å². The van der Waals surface area contributed by atoms with Crippen molar-refractivity contribution in [3.8, 4) is 0 Å². The molecule has 5 nitrogen and oxygen atoms in total. The molecule has 2 unspecified atom stereocenters. The van der Waals surface area contributed by atoms with Gasteiger partial charge in [0, 0.05) is 25.7 Å². The lowest BCUT2D eigenvalue weighted by molar-refractivity contribution is -0.122. The molecule has 0 saturated carbocycles. The van der Waals surface area contributed by atoms with Gasteiger partial charge in [-0.1, -0.05) is 0 Å². The first kappa shape index (κ1) is 10.9. The summed E-state index contributed by atoms with van der Waals surface area (Å²) in [7, 11) is 0. The van der Waals surface area contributed by atoms with Crippen LogP contribution >= 0.6 is 0 Å². The average molecular weight is 213 g/mol. The Morgan fingerprint density at radius 2 is 2.40 bits per heavy atom. The molecule has 15 heavy (non-hydrogen) atoms. The third-order valence-corrected chi connectivity index (χ3v) is 3.04. The predicted octanol–water partition coefficient (Wildman–Crippen LogP) is -1.47. The highest BCUT2D eigenvalue weighted by atomic mass is 16.3. The molecule has 2 aliphatic heterocycles. The van der Waals surface area contributed by atoms with Gasteiger partial charge in [0.15, 0.2) is 0 Å². The first-order valence-electron chi connectivity index (χ1n) is 5.64. The summed E-state index contributed by atoms with van der Waals surface area (Å²) in [4.78, 5) is 13.6. The molecular formula is C10H19N3O2. The number of amides is 1. The third kappa shape index (κ3) is 3.15. The molecule has 2 heterocycles. The molecule has 2 atom stereocenters. The summed E-state index contributed by atoms with van der Waals surface area (Å²) < 4.78 is 0. The highest BCUT2D eigenvalue weighted by Gasteiger charge is 2.23. The van der Waals surface area contributed by atoms with Gasteiger partial charge in [-0.25, -0.2) is 0 Å². The highest BCUT2D eigenvalue weighted by Crippen LogP contribution is 2.07. The summed E-state index contributed by atoms with van der Waals surface area (Å²) in [6.07, 6.45) is 1.57. The minimum Gasteiger partial charge on any atom is -0.392 e. The zero-order valence-electron chi connectivity index (χ0n) is 8.91. The zero-order valence-corrected chi connectivity index (χ0v) is 8.91. The number of carbonyl (C=O) groups is 1. The standard InChI is InChI=1S/C10H19N3O2/c14-9-2-4-13(6-9)7-10(15)12-8-1-3-11-5-8/h8-9,11,14H,1-7H2,(H,12,15). The molecule has 0 aliphatic carbocycles. The molecule has 0 bridgehead atoms. The molecule has 2 fully saturated rings. The molecule has 86 valence electrons. The highest BCUT2D eigenvalue weighted by molar-refractivity contribution is 5.78. The van der Waals surface area contributed by atoms with Crippen molar-refractivity contribution in [3.05, 3.63) is 0 Å². The van der Waals surface area contributed by atoms with Crippen molar-refractivity contribution in [2.75, 3.05) is 32.7 Å². The van der Waals surface area contributed by atoms with E-state index >= 15 is 0 Å². The van der Waals surface area contributed by atoms with Gasteiger partial charge >= 0.3 is 0 Å². The lowest BCUT2D eigenvalue weighted by Crippen LogP contribution is -2.42. The number of nitrogens with one attached hydrogen (secondary N) is 2. The van der Waals surface area contributed by atoms with E-state index in [1.165, 1.54) is 0 Å². The number of hydrogen-bond acceptors (Lipinski definition) is 4. The van der Waals surface area contributed by atoms with E-state index in [0.29, 0.717) is 19.1 Å². The Hall–Kier alpha value is -0.650. The lowest BCUT2D eigenvalue weighted by Gasteiger charge is -2.16. The Labute approximate surface area is 89.8 Å². The fourth-order valence-corrected chi connectivity index (χ4v) is 2.21. The smallest absolute Gasteiger partial charge is 0.234 e. The Morgan fingerprint density at radius 1 is 1.53 bits per heavy atom. The van der Waals surface area contributed by atoms with Crippen molar-refractivity contribution in [1.82, 2.24) is 15.5 Å². The predicted molar refractivity (Wildman–Crippen MR) is 56.5 cm³/mol. The molecule has 1 amide bonds. The van der Waals surface area contributed by atoms with Crippen molar-refractivity contribution in [2.45, 2.75) is 25.0 Å². The van der Waals surface area contributed by atoms with Crippen LogP contribution in [-0.2, 0) is 4.79 Å². The van der Waals surface area contributed by atoms with E-state index in [0.717, 1.165) is 32.5 Å². The largest absolute Gasteiger partial charge is 0.392 e. The summed E-state index contributed by atoms with van der Waals surface area (Å²) in [5.74, 6) is 0.0813. The van der Waals surface area contributed by atoms with Crippen LogP contribution in [0.25, 0.3) is 0 Å². The topological polar surface area (TPSA) is 64.6 Å². The van der Waals surface area contributed by atoms with Crippen molar-refractivity contribution in [2.24, 2.45) is 0 Å². The minimum atomic E-state index is -0.244. The third-order valence-electron chi connectivity index (χ3n) is 3.04. The molecule has 0 aromatic rings. The number of likely N-dealkylation sites (tertiary alicyclic amines) is 1. The first-order valence-corrected chi connectivity index (χ1v) is 5.64. The van der Waals surface area contributed by atoms with Crippen LogP contribution in [0.4, 0.5) is 0 Å². The summed E-state index contributed by atoms with van der Waals surface area (Å²) in [6.45, 7) is 3.77. The Bertz CT molecular complexity index is 229. The fourth-order valence-electron chi connectivity index (χ4n) is 2.21. The van der Waals surface area contributed by atoms with E-state index in [1.807, 2.05) is 4.90 Å². The van der Waals surface area contributed by atoms with Crippen LogP contribution in [0.3, 0.4) is 0 Å². The molecule has 2 aliphatic rings. The monoisotopic (exact) mass is 213 g/mol. The van der Waals surface area contributed by atoms with E-state index in [2.05, 4.69) is 10.6 Å². The number of aliphatic hydroxyl groups excluding tert-OH is 1. The molecule has 0 aromatic carbocycles. The summed E-state index contributed by atoms with van der Waals surface area (Å²) >= 11 is 0. The summed E-state index contributed by atoms with van der Waals surface area (Å²) in [6, 6.07) is 0.296. The minimum absolute atomic E-state index is 0.0813. The van der Waals surface area contributed by atoms with Crippen LogP contribution in [0.5, 0.6) is 0 Å². The molecule has 2 saturated heterocycles. The van der Waals surface area contributed by atoms with Crippen molar-refractivity contribution in [3.63, 3.8) is 0 Å². The Morgan fingerprint density at radius 3 is 3.00 bits per heavy atom. The van der Waals surface area contributed by atoms with E-state index in [4.69, 9.17) is 0 Å². The SMILES string of the molecule is O=C(CN1CCC(O)C1)NC1CCNC1. The molecule has 0 aromatic heterocycles. The molecule has 0 radical (unpaired) electrons. The van der Waals surface area contributed by atoms with Gasteiger partial charge in [-0.2, -0.15) is 0 Å². The van der Waals surface area contributed by atoms with Crippen LogP contribution in [-0.4, -0.2) is 60.8 Å². The Kier molecular flexibility index (Phi) is 3.56. The van der Waals surface area contributed by atoms with Crippen molar-refractivity contribution < 1.29 is 9.90 Å². The molecule has 2 rings (SSSR count). The van der Waals surface area contributed by atoms with Crippen LogP contribution < -0.4 is 10.6 Å². The summed E-state index contributed by atoms with van der Waals surface area (Å²) in [5.41, 5.74) is 0. The normalized spacial score (nSPS) is 32.1. The lowest BCUT2D eigenvalue weighted by atomic mass is 10.2. The van der Waals surface area contributed by atoms with Crippen molar-refractivity contribution >= 4 is 5.91 Å². The second kappa shape index (κ2) is 4.92. The number of aliphatic hydroxyl groups is 1. The maximum Gasteiger partial charge on any atom is 0.234 e. The van der Waals surface area contributed by atoms with E-state index in [1.54, 1.807) is 0 Å². The fraction of sp³-hybridized carbons (Fsp3) is 0.900. The maximum atomic E-state index is 11.6. The molecule has 5 heteroatoms. The summed E-state index contributed by atoms with van der Waals surface area (Å²) in [5, 5.41) is 15.5. The van der Waals surface area contributed by atoms with E-state index in [9.17, 15) is 9.90 Å². The second-order valence-electron chi connectivity index (χ2n) is 4.43. The van der Waals surface area contributed by atoms with Crippen LogP contribution in [0, 0.1) is 0 Å². The number of carbonyl (C=O) groups excluding carboxylic acids is 1. The van der Waals surface area contributed by atoms with Crippen LogP contribution in [0.2, 0.25) is 0 Å².